The molecule has 2 atom stereocenters. The summed E-state index contributed by atoms with van der Waals surface area (Å²) >= 11 is 0. The van der Waals surface area contributed by atoms with Crippen LogP contribution in [0.2, 0.25) is 0 Å². The second kappa shape index (κ2) is 47.5. The first kappa shape index (κ1) is 57.4. The lowest BCUT2D eigenvalue weighted by Gasteiger charge is -2.18. The summed E-state index contributed by atoms with van der Waals surface area (Å²) in [4.78, 5) is 37.9. The van der Waals surface area contributed by atoms with Gasteiger partial charge in [-0.2, -0.15) is 0 Å². The first-order valence-electron chi connectivity index (χ1n) is 26.4. The van der Waals surface area contributed by atoms with E-state index in [-0.39, 0.29) is 31.1 Å². The van der Waals surface area contributed by atoms with Crippen molar-refractivity contribution >= 4 is 17.9 Å². The predicted molar refractivity (Wildman–Crippen MR) is 252 cm³/mol. The summed E-state index contributed by atoms with van der Waals surface area (Å²) in [6.07, 6.45) is 49.4. The van der Waals surface area contributed by atoms with Crippen LogP contribution in [0.25, 0.3) is 0 Å². The first-order chi connectivity index (χ1) is 28.9. The monoisotopic (exact) mass is 835 g/mol. The number of esters is 3. The molecule has 0 spiro atoms. The number of carbonyl (C=O) groups excluding carboxylic acids is 3. The minimum absolute atomic E-state index is 0.0628. The molecule has 0 aromatic rings. The summed E-state index contributed by atoms with van der Waals surface area (Å²) in [5.74, 6) is 0.00383. The van der Waals surface area contributed by atoms with Gasteiger partial charge in [0.2, 0.25) is 0 Å². The van der Waals surface area contributed by atoms with E-state index < -0.39 is 6.10 Å². The zero-order chi connectivity index (χ0) is 43.1. The Morgan fingerprint density at radius 2 is 0.593 bits per heavy atom. The van der Waals surface area contributed by atoms with Gasteiger partial charge in [0.1, 0.15) is 13.2 Å². The minimum Gasteiger partial charge on any atom is -0.462 e. The Balaban J connectivity index is 4.30. The van der Waals surface area contributed by atoms with Crippen LogP contribution in [0.4, 0.5) is 0 Å². The van der Waals surface area contributed by atoms with Crippen molar-refractivity contribution in [2.75, 3.05) is 13.2 Å². The van der Waals surface area contributed by atoms with Crippen molar-refractivity contribution in [3.05, 3.63) is 0 Å². The highest BCUT2D eigenvalue weighted by Gasteiger charge is 2.19. The van der Waals surface area contributed by atoms with Crippen LogP contribution in [0.1, 0.15) is 297 Å². The van der Waals surface area contributed by atoms with Gasteiger partial charge >= 0.3 is 17.9 Å². The van der Waals surface area contributed by atoms with E-state index in [0.717, 1.165) is 63.7 Å². The maximum Gasteiger partial charge on any atom is 0.306 e. The molecule has 0 aromatic heterocycles. The molecule has 0 aliphatic heterocycles. The van der Waals surface area contributed by atoms with Gasteiger partial charge in [-0.15, -0.1) is 0 Å². The molecule has 0 aliphatic rings. The fraction of sp³-hybridized carbons (Fsp3) is 0.943. The Morgan fingerprint density at radius 3 is 0.881 bits per heavy atom. The van der Waals surface area contributed by atoms with Gasteiger partial charge in [-0.05, 0) is 25.2 Å². The van der Waals surface area contributed by atoms with Gasteiger partial charge in [0, 0.05) is 19.3 Å². The summed E-state index contributed by atoms with van der Waals surface area (Å²) in [6, 6.07) is 0. The third-order valence-electron chi connectivity index (χ3n) is 12.4. The molecule has 0 aliphatic carbocycles. The Hall–Kier alpha value is -1.59. The normalized spacial score (nSPS) is 12.4. The molecule has 0 amide bonds. The second-order valence-corrected chi connectivity index (χ2v) is 18.4. The minimum atomic E-state index is -0.761. The smallest absolute Gasteiger partial charge is 0.306 e. The van der Waals surface area contributed by atoms with Crippen LogP contribution in [0.3, 0.4) is 0 Å². The molecule has 0 aromatic carbocycles. The van der Waals surface area contributed by atoms with Gasteiger partial charge in [0.25, 0.3) is 0 Å². The quantitative estimate of drug-likeness (QED) is 0.0345. The Morgan fingerprint density at radius 1 is 0.339 bits per heavy atom. The van der Waals surface area contributed by atoms with Crippen LogP contribution >= 0.6 is 0 Å². The first-order valence-corrected chi connectivity index (χ1v) is 26.4. The van der Waals surface area contributed by atoms with Crippen molar-refractivity contribution < 1.29 is 28.6 Å². The van der Waals surface area contributed by atoms with Crippen LogP contribution in [0.15, 0.2) is 0 Å². The molecule has 0 fully saturated rings. The molecule has 6 nitrogen and oxygen atoms in total. The molecule has 0 saturated heterocycles. The van der Waals surface area contributed by atoms with Gasteiger partial charge in [-0.1, -0.05) is 259 Å². The summed E-state index contributed by atoms with van der Waals surface area (Å²) < 4.78 is 16.8. The lowest BCUT2D eigenvalue weighted by Crippen LogP contribution is -2.30. The molecule has 0 saturated carbocycles. The standard InChI is InChI=1S/C53H102O6/c1-5-8-10-12-14-16-18-20-21-22-24-25-27-32-36-40-44-51(54)57-47-50(48-58-52(55)45-41-37-33-30-29-31-35-39-43-49(4)7-3)59-53(56)46-42-38-34-28-26-23-19-17-15-13-11-9-6-2/h49-50H,5-48H2,1-4H3/t49?,50-/m1/s1. The molecular formula is C53H102O6. The lowest BCUT2D eigenvalue weighted by atomic mass is 9.99. The van der Waals surface area contributed by atoms with E-state index in [1.54, 1.807) is 0 Å². The van der Waals surface area contributed by atoms with Crippen LogP contribution in [0.5, 0.6) is 0 Å². The van der Waals surface area contributed by atoms with E-state index >= 15 is 0 Å². The van der Waals surface area contributed by atoms with E-state index in [1.807, 2.05) is 0 Å². The summed E-state index contributed by atoms with van der Waals surface area (Å²) in [5.41, 5.74) is 0. The maximum atomic E-state index is 12.8. The average molecular weight is 835 g/mol. The van der Waals surface area contributed by atoms with E-state index in [4.69, 9.17) is 14.2 Å². The summed E-state index contributed by atoms with van der Waals surface area (Å²) in [7, 11) is 0. The van der Waals surface area contributed by atoms with Crippen molar-refractivity contribution in [1.29, 1.82) is 0 Å². The fourth-order valence-corrected chi connectivity index (χ4v) is 8.01. The Bertz CT molecular complexity index is 889. The van der Waals surface area contributed by atoms with Gasteiger partial charge < -0.3 is 14.2 Å². The zero-order valence-corrected chi connectivity index (χ0v) is 40.2. The molecule has 0 heterocycles. The largest absolute Gasteiger partial charge is 0.462 e. The second-order valence-electron chi connectivity index (χ2n) is 18.4. The maximum absolute atomic E-state index is 12.8. The van der Waals surface area contributed by atoms with Crippen molar-refractivity contribution in [3.8, 4) is 0 Å². The predicted octanol–water partition coefficient (Wildman–Crippen LogP) is 17.1. The Labute approximate surface area is 368 Å². The highest BCUT2D eigenvalue weighted by atomic mass is 16.6. The average Bonchev–Trinajstić information content (AvgIpc) is 3.23. The van der Waals surface area contributed by atoms with Gasteiger partial charge in [-0.25, -0.2) is 0 Å². The molecule has 6 heteroatoms. The summed E-state index contributed by atoms with van der Waals surface area (Å²) in [6.45, 7) is 9.04. The molecule has 0 bridgehead atoms. The third kappa shape index (κ3) is 45.8. The molecule has 0 N–H and O–H groups in total. The SMILES string of the molecule is CCCCCCCCCCCCCCCCCCC(=O)OC[C@H](COC(=O)CCCCCCCCCCC(C)CC)OC(=O)CCCCCCCCCCCCCCC. The third-order valence-corrected chi connectivity index (χ3v) is 12.4. The van der Waals surface area contributed by atoms with Crippen molar-refractivity contribution in [2.24, 2.45) is 5.92 Å². The molecule has 350 valence electrons. The van der Waals surface area contributed by atoms with Crippen molar-refractivity contribution in [3.63, 3.8) is 0 Å². The number of rotatable bonds is 48. The number of hydrogen-bond donors (Lipinski definition) is 0. The van der Waals surface area contributed by atoms with E-state index in [1.165, 1.54) is 193 Å². The number of ether oxygens (including phenoxy) is 3. The van der Waals surface area contributed by atoms with Crippen LogP contribution in [-0.4, -0.2) is 37.2 Å². The molecular weight excluding hydrogens is 733 g/mol. The van der Waals surface area contributed by atoms with Crippen LogP contribution in [0, 0.1) is 5.92 Å². The van der Waals surface area contributed by atoms with E-state index in [9.17, 15) is 14.4 Å². The Kier molecular flexibility index (Phi) is 46.2. The number of carbonyl (C=O) groups is 3. The number of hydrogen-bond acceptors (Lipinski definition) is 6. The molecule has 0 rings (SSSR count). The van der Waals surface area contributed by atoms with Gasteiger partial charge in [0.05, 0.1) is 0 Å². The summed E-state index contributed by atoms with van der Waals surface area (Å²) in [5, 5.41) is 0. The van der Waals surface area contributed by atoms with Gasteiger partial charge in [0.15, 0.2) is 6.10 Å². The van der Waals surface area contributed by atoms with Crippen molar-refractivity contribution in [1.82, 2.24) is 0 Å². The molecule has 1 unspecified atom stereocenters. The van der Waals surface area contributed by atoms with Crippen LogP contribution in [-0.2, 0) is 28.6 Å². The van der Waals surface area contributed by atoms with Crippen molar-refractivity contribution in [2.45, 2.75) is 303 Å². The highest BCUT2D eigenvalue weighted by Crippen LogP contribution is 2.18. The highest BCUT2D eigenvalue weighted by molar-refractivity contribution is 5.71. The molecule has 0 radical (unpaired) electrons. The zero-order valence-electron chi connectivity index (χ0n) is 40.2. The lowest BCUT2D eigenvalue weighted by molar-refractivity contribution is -0.167. The fourth-order valence-electron chi connectivity index (χ4n) is 8.01. The van der Waals surface area contributed by atoms with E-state index in [0.29, 0.717) is 19.3 Å². The topological polar surface area (TPSA) is 78.9 Å². The molecule has 59 heavy (non-hydrogen) atoms. The van der Waals surface area contributed by atoms with E-state index in [2.05, 4.69) is 27.7 Å². The van der Waals surface area contributed by atoms with Crippen LogP contribution < -0.4 is 0 Å². The number of unbranched alkanes of at least 4 members (excludes halogenated alkanes) is 34. The van der Waals surface area contributed by atoms with Gasteiger partial charge in [-0.3, -0.25) is 14.4 Å².